The van der Waals surface area contributed by atoms with Crippen LogP contribution in [-0.2, 0) is 41.6 Å². The van der Waals surface area contributed by atoms with Crippen LogP contribution in [0.3, 0.4) is 0 Å². The first-order valence-corrected chi connectivity index (χ1v) is 12.1. The molecule has 2 aliphatic heterocycles. The Bertz CT molecular complexity index is 1150. The van der Waals surface area contributed by atoms with Gasteiger partial charge in [0.2, 0.25) is 0 Å². The van der Waals surface area contributed by atoms with Crippen molar-refractivity contribution < 1.29 is 22.9 Å². The monoisotopic (exact) mass is 460 g/mol. The largest absolute Gasteiger partial charge is 0.324 e. The third kappa shape index (κ3) is 3.09. The molecule has 2 aromatic carbocycles. The smallest absolute Gasteiger partial charge is 0.312 e. The Morgan fingerprint density at radius 2 is 1.19 bits per heavy atom. The van der Waals surface area contributed by atoms with Gasteiger partial charge in [0.15, 0.2) is 0 Å². The van der Waals surface area contributed by atoms with Gasteiger partial charge in [0.1, 0.15) is 0 Å². The Labute approximate surface area is 190 Å². The lowest BCUT2D eigenvalue weighted by atomic mass is 9.91. The molecule has 0 amide bonds. The molecule has 0 radical (unpaired) electrons. The fraction of sp³-hybridized carbons (Fsp3) is 0.500. The number of benzene rings is 2. The van der Waals surface area contributed by atoms with Crippen molar-refractivity contribution in [1.82, 2.24) is 10.1 Å². The van der Waals surface area contributed by atoms with Crippen LogP contribution >= 0.6 is 0 Å². The van der Waals surface area contributed by atoms with Crippen molar-refractivity contribution in [3.8, 4) is 0 Å². The molecule has 0 spiro atoms. The molecule has 32 heavy (non-hydrogen) atoms. The zero-order valence-corrected chi connectivity index (χ0v) is 20.7. The maximum absolute atomic E-state index is 13.1. The molecule has 174 valence electrons. The summed E-state index contributed by atoms with van der Waals surface area (Å²) in [5.41, 5.74) is 1.09. The van der Waals surface area contributed by atoms with Crippen molar-refractivity contribution in [2.24, 2.45) is 0 Å². The normalized spacial score (nSPS) is 23.2. The lowest BCUT2D eigenvalue weighted by molar-refractivity contribution is -0.420. The predicted molar refractivity (Wildman–Crippen MR) is 120 cm³/mol. The van der Waals surface area contributed by atoms with Gasteiger partial charge in [0.25, 0.3) is 0 Å². The first-order valence-electron chi connectivity index (χ1n) is 10.7. The molecule has 0 saturated carbocycles. The molecule has 0 atom stereocenters. The minimum atomic E-state index is -4.23. The van der Waals surface area contributed by atoms with Gasteiger partial charge in [0.05, 0.1) is 27.1 Å². The fourth-order valence-electron chi connectivity index (χ4n) is 5.41. The van der Waals surface area contributed by atoms with Crippen LogP contribution in [0.2, 0.25) is 0 Å². The minimum absolute atomic E-state index is 0.0252. The third-order valence-corrected chi connectivity index (χ3v) is 8.18. The summed E-state index contributed by atoms with van der Waals surface area (Å²) in [7, 11) is -4.23. The second kappa shape index (κ2) is 6.85. The lowest BCUT2D eigenvalue weighted by Gasteiger charge is -2.37. The van der Waals surface area contributed by atoms with Crippen LogP contribution in [0.25, 0.3) is 0 Å². The van der Waals surface area contributed by atoms with Crippen molar-refractivity contribution in [3.63, 3.8) is 0 Å². The zero-order chi connectivity index (χ0) is 23.9. The van der Waals surface area contributed by atoms with E-state index >= 15 is 0 Å². The first-order chi connectivity index (χ1) is 14.6. The fourth-order valence-corrected chi connectivity index (χ4v) is 6.13. The molecule has 4 rings (SSSR count). The van der Waals surface area contributed by atoms with Crippen LogP contribution < -0.4 is 0 Å². The molecule has 0 bridgehead atoms. The summed E-state index contributed by atoms with van der Waals surface area (Å²) >= 11 is 0. The van der Waals surface area contributed by atoms with Gasteiger partial charge in [-0.15, -0.1) is 10.1 Å². The van der Waals surface area contributed by atoms with Crippen LogP contribution in [0.1, 0.15) is 77.6 Å². The highest BCUT2D eigenvalue weighted by molar-refractivity contribution is 7.86. The third-order valence-electron chi connectivity index (χ3n) is 7.11. The van der Waals surface area contributed by atoms with Crippen LogP contribution in [0.15, 0.2) is 47.4 Å². The molecule has 0 aromatic heterocycles. The molecule has 0 aliphatic carbocycles. The molecular formula is C24H32N2O5S. The molecule has 1 N–H and O–H groups in total. The first kappa shape index (κ1) is 23.4. The molecule has 2 aliphatic rings. The van der Waals surface area contributed by atoms with Crippen molar-refractivity contribution in [1.29, 1.82) is 0 Å². The van der Waals surface area contributed by atoms with Crippen LogP contribution in [0, 0.1) is 0 Å². The van der Waals surface area contributed by atoms with Crippen molar-refractivity contribution in [3.05, 3.63) is 64.7 Å². The summed E-state index contributed by atoms with van der Waals surface area (Å²) in [6.45, 7) is 15.3. The summed E-state index contributed by atoms with van der Waals surface area (Å²) in [4.78, 5) is 5.53. The Morgan fingerprint density at radius 3 is 1.72 bits per heavy atom. The summed E-state index contributed by atoms with van der Waals surface area (Å²) < 4.78 is 31.3. The molecule has 2 aromatic rings. The highest BCUT2D eigenvalue weighted by Crippen LogP contribution is 2.50. The van der Waals surface area contributed by atoms with Crippen LogP contribution in [0.4, 0.5) is 0 Å². The summed E-state index contributed by atoms with van der Waals surface area (Å²) in [5, 5.41) is 13.5. The topological polar surface area (TPSA) is 79.3 Å². The van der Waals surface area contributed by atoms with E-state index in [0.29, 0.717) is 0 Å². The maximum Gasteiger partial charge on any atom is 0.324 e. The van der Waals surface area contributed by atoms with Gasteiger partial charge in [-0.2, -0.15) is 13.5 Å². The van der Waals surface area contributed by atoms with Gasteiger partial charge in [-0.05, 0) is 89.8 Å². The van der Waals surface area contributed by atoms with Crippen LogP contribution in [0.5, 0.6) is 0 Å². The lowest BCUT2D eigenvalue weighted by Crippen LogP contribution is -2.45. The second-order valence-electron chi connectivity index (χ2n) is 10.7. The number of rotatable bonds is 4. The number of nitrogens with zero attached hydrogens (tertiary/aromatic N) is 2. The molecule has 0 unspecified atom stereocenters. The highest BCUT2D eigenvalue weighted by Gasteiger charge is 2.52. The average molecular weight is 461 g/mol. The van der Waals surface area contributed by atoms with E-state index < -0.39 is 32.3 Å². The Balaban J connectivity index is 1.64. The quantitative estimate of drug-likeness (QED) is 0.513. The summed E-state index contributed by atoms with van der Waals surface area (Å²) in [6.07, 6.45) is 0. The average Bonchev–Trinajstić information content (AvgIpc) is 2.95. The van der Waals surface area contributed by atoms with E-state index in [4.69, 9.17) is 9.32 Å². The zero-order valence-electron chi connectivity index (χ0n) is 19.9. The van der Waals surface area contributed by atoms with Gasteiger partial charge in [-0.3, -0.25) is 0 Å². The van der Waals surface area contributed by atoms with E-state index in [-0.39, 0.29) is 4.90 Å². The number of fused-ring (bicyclic) bond motifs is 2. The Morgan fingerprint density at radius 1 is 0.719 bits per heavy atom. The van der Waals surface area contributed by atoms with Crippen molar-refractivity contribution in [2.75, 3.05) is 0 Å². The standard InChI is InChI=1S/C24H32N2O5S/c1-21(2)19-14-13-16(15-20(19)22(3,4)25(21)27)32(28,29)31-30-26-23(5,6)17-11-9-10-12-18(17)24(26,7)8/h9-15,27H,1-8H3. The maximum atomic E-state index is 13.1. The van der Waals surface area contributed by atoms with E-state index in [1.807, 2.05) is 79.7 Å². The van der Waals surface area contributed by atoms with Gasteiger partial charge in [0, 0.05) is 0 Å². The summed E-state index contributed by atoms with van der Waals surface area (Å²) in [5.74, 6) is 0. The Kier molecular flexibility index (Phi) is 5.00. The van der Waals surface area contributed by atoms with E-state index in [9.17, 15) is 13.6 Å². The molecule has 0 saturated heterocycles. The van der Waals surface area contributed by atoms with Gasteiger partial charge < -0.3 is 5.21 Å². The van der Waals surface area contributed by atoms with Gasteiger partial charge >= 0.3 is 10.1 Å². The van der Waals surface area contributed by atoms with E-state index in [1.54, 1.807) is 17.2 Å². The molecule has 2 heterocycles. The molecule has 8 heteroatoms. The summed E-state index contributed by atoms with van der Waals surface area (Å²) in [6, 6.07) is 12.7. The van der Waals surface area contributed by atoms with Crippen molar-refractivity contribution in [2.45, 2.75) is 82.4 Å². The second-order valence-corrected chi connectivity index (χ2v) is 12.2. The SMILES string of the molecule is CC1(C)c2ccc(S(=O)(=O)OON3C(C)(C)c4ccccc4C3(C)C)cc2C(C)(C)N1O. The minimum Gasteiger partial charge on any atom is -0.312 e. The van der Waals surface area contributed by atoms with Crippen LogP contribution in [-0.4, -0.2) is 23.8 Å². The predicted octanol–water partition coefficient (Wildman–Crippen LogP) is 4.90. The van der Waals surface area contributed by atoms with Gasteiger partial charge in [-0.25, -0.2) is 0 Å². The Hall–Kier alpha value is -1.81. The van der Waals surface area contributed by atoms with Gasteiger partial charge in [-0.1, -0.05) is 34.7 Å². The number of hydroxylamine groups is 4. The molecule has 7 nitrogen and oxygen atoms in total. The van der Waals surface area contributed by atoms with Crippen molar-refractivity contribution >= 4 is 10.1 Å². The van der Waals surface area contributed by atoms with E-state index in [0.717, 1.165) is 22.3 Å². The number of hydrogen-bond acceptors (Lipinski definition) is 7. The molecular weight excluding hydrogens is 428 g/mol. The number of hydrogen-bond donors (Lipinski definition) is 1. The van der Waals surface area contributed by atoms with E-state index in [1.165, 1.54) is 11.1 Å². The molecule has 0 fully saturated rings. The highest BCUT2D eigenvalue weighted by atomic mass is 32.2. The van der Waals surface area contributed by atoms with E-state index in [2.05, 4.69) is 0 Å².